The average molecular weight is 303 g/mol. The summed E-state index contributed by atoms with van der Waals surface area (Å²) in [6, 6.07) is 7.40. The maximum Gasteiger partial charge on any atom is 0.358 e. The molecular formula is C15H17N3O4. The Kier molecular flexibility index (Phi) is 4.77. The van der Waals surface area contributed by atoms with Crippen LogP contribution in [0.4, 0.5) is 5.69 Å². The molecule has 0 fully saturated rings. The largest absolute Gasteiger partial charge is 0.483 e. The normalized spacial score (nSPS) is 10.1. The number of aromatic nitrogens is 2. The third-order valence-electron chi connectivity index (χ3n) is 3.04. The van der Waals surface area contributed by atoms with Crippen LogP contribution < -0.4 is 10.1 Å². The van der Waals surface area contributed by atoms with Crippen molar-refractivity contribution in [2.24, 2.45) is 7.05 Å². The third kappa shape index (κ3) is 3.43. The van der Waals surface area contributed by atoms with Gasteiger partial charge in [-0.3, -0.25) is 9.48 Å². The maximum atomic E-state index is 11.9. The molecule has 0 atom stereocenters. The summed E-state index contributed by atoms with van der Waals surface area (Å²) in [5, 5.41) is 6.52. The number of hydrogen-bond donors (Lipinski definition) is 1. The molecular weight excluding hydrogens is 286 g/mol. The average Bonchev–Trinajstić information content (AvgIpc) is 2.86. The molecule has 0 aliphatic heterocycles. The van der Waals surface area contributed by atoms with Crippen LogP contribution in [0.3, 0.4) is 0 Å². The molecule has 0 saturated carbocycles. The Balaban J connectivity index is 2.01. The molecule has 1 N–H and O–H groups in total. The highest BCUT2D eigenvalue weighted by molar-refractivity contribution is 6.00. The molecule has 7 nitrogen and oxygen atoms in total. The van der Waals surface area contributed by atoms with E-state index in [4.69, 9.17) is 4.74 Å². The van der Waals surface area contributed by atoms with E-state index >= 15 is 0 Å². The minimum atomic E-state index is -0.574. The lowest BCUT2D eigenvalue weighted by molar-refractivity contribution is -0.118. The molecule has 1 heterocycles. The molecule has 0 aliphatic carbocycles. The minimum Gasteiger partial charge on any atom is -0.483 e. The van der Waals surface area contributed by atoms with Crippen LogP contribution in [0.5, 0.6) is 5.75 Å². The Labute approximate surface area is 127 Å². The molecule has 0 bridgehead atoms. The second kappa shape index (κ2) is 6.75. The van der Waals surface area contributed by atoms with Crippen molar-refractivity contribution in [3.63, 3.8) is 0 Å². The highest BCUT2D eigenvalue weighted by atomic mass is 16.5. The van der Waals surface area contributed by atoms with Crippen LogP contribution in [-0.2, 0) is 16.6 Å². The Bertz CT molecular complexity index is 694. The summed E-state index contributed by atoms with van der Waals surface area (Å²) in [4.78, 5) is 23.6. The number of esters is 1. The van der Waals surface area contributed by atoms with E-state index < -0.39 is 5.97 Å². The van der Waals surface area contributed by atoms with Gasteiger partial charge in [0.05, 0.1) is 19.0 Å². The van der Waals surface area contributed by atoms with Gasteiger partial charge in [-0.2, -0.15) is 5.10 Å². The van der Waals surface area contributed by atoms with Gasteiger partial charge in [0.2, 0.25) is 0 Å². The predicted molar refractivity (Wildman–Crippen MR) is 79.9 cm³/mol. The number of carbonyl (C=O) groups excluding carboxylic acids is 2. The number of aryl methyl sites for hydroxylation is 2. The molecule has 1 aromatic heterocycles. The molecule has 1 aromatic carbocycles. The van der Waals surface area contributed by atoms with E-state index in [1.54, 1.807) is 13.1 Å². The fourth-order valence-electron chi connectivity index (χ4n) is 1.92. The maximum absolute atomic E-state index is 11.9. The molecule has 0 saturated heterocycles. The van der Waals surface area contributed by atoms with E-state index in [9.17, 15) is 9.59 Å². The van der Waals surface area contributed by atoms with Gasteiger partial charge in [-0.25, -0.2) is 4.79 Å². The molecule has 22 heavy (non-hydrogen) atoms. The fourth-order valence-corrected chi connectivity index (χ4v) is 1.92. The van der Waals surface area contributed by atoms with Crippen LogP contribution in [0.1, 0.15) is 16.1 Å². The molecule has 0 spiro atoms. The zero-order chi connectivity index (χ0) is 16.1. The van der Waals surface area contributed by atoms with Crippen LogP contribution >= 0.6 is 0 Å². The van der Waals surface area contributed by atoms with Crippen molar-refractivity contribution in [2.75, 3.05) is 19.0 Å². The van der Waals surface area contributed by atoms with Crippen LogP contribution in [-0.4, -0.2) is 35.4 Å². The summed E-state index contributed by atoms with van der Waals surface area (Å²) < 4.78 is 11.4. The fraction of sp³-hybridized carbons (Fsp3) is 0.267. The van der Waals surface area contributed by atoms with Gasteiger partial charge in [0, 0.05) is 7.05 Å². The molecule has 7 heteroatoms. The number of carbonyl (C=O) groups is 2. The Morgan fingerprint density at radius 1 is 1.32 bits per heavy atom. The lowest BCUT2D eigenvalue weighted by Crippen LogP contribution is -2.22. The van der Waals surface area contributed by atoms with Gasteiger partial charge in [0.1, 0.15) is 5.75 Å². The third-order valence-corrected chi connectivity index (χ3v) is 3.04. The van der Waals surface area contributed by atoms with Crippen molar-refractivity contribution < 1.29 is 19.1 Å². The van der Waals surface area contributed by atoms with Gasteiger partial charge in [-0.15, -0.1) is 0 Å². The smallest absolute Gasteiger partial charge is 0.358 e. The summed E-state index contributed by atoms with van der Waals surface area (Å²) in [5.74, 6) is -0.325. The zero-order valence-corrected chi connectivity index (χ0v) is 12.6. The Morgan fingerprint density at radius 3 is 2.73 bits per heavy atom. The first-order valence-electron chi connectivity index (χ1n) is 6.61. The van der Waals surface area contributed by atoms with E-state index in [1.807, 2.05) is 25.1 Å². The first-order valence-corrected chi connectivity index (χ1v) is 6.61. The number of hydrogen-bond acceptors (Lipinski definition) is 5. The number of nitrogens with zero attached hydrogens (tertiary/aromatic N) is 2. The summed E-state index contributed by atoms with van der Waals surface area (Å²) in [7, 11) is 2.86. The van der Waals surface area contributed by atoms with Crippen LogP contribution in [0.25, 0.3) is 0 Å². The number of para-hydroxylation sites is 1. The summed E-state index contributed by atoms with van der Waals surface area (Å²) in [6.45, 7) is 1.73. The quantitative estimate of drug-likeness (QED) is 0.847. The van der Waals surface area contributed by atoms with E-state index in [0.29, 0.717) is 5.75 Å². The second-order valence-electron chi connectivity index (χ2n) is 4.62. The highest BCUT2D eigenvalue weighted by Crippen LogP contribution is 2.17. The number of rotatable bonds is 5. The number of ether oxygens (including phenoxy) is 2. The lowest BCUT2D eigenvalue weighted by atomic mass is 10.2. The highest BCUT2D eigenvalue weighted by Gasteiger charge is 2.19. The topological polar surface area (TPSA) is 82.4 Å². The van der Waals surface area contributed by atoms with Gasteiger partial charge < -0.3 is 14.8 Å². The van der Waals surface area contributed by atoms with Crippen molar-refractivity contribution in [1.29, 1.82) is 0 Å². The monoisotopic (exact) mass is 303 g/mol. The predicted octanol–water partition coefficient (Wildman–Crippen LogP) is 1.53. The standard InChI is InChI=1S/C15H17N3O4/c1-10-6-4-5-7-12(10)22-9-13(19)17-11-8-16-18(2)14(11)15(20)21-3/h4-8H,9H2,1-3H3,(H,17,19). The van der Waals surface area contributed by atoms with E-state index in [1.165, 1.54) is 18.0 Å². The van der Waals surface area contributed by atoms with Crippen molar-refractivity contribution in [1.82, 2.24) is 9.78 Å². The molecule has 0 unspecified atom stereocenters. The van der Waals surface area contributed by atoms with Gasteiger partial charge in [0.25, 0.3) is 5.91 Å². The minimum absolute atomic E-state index is 0.166. The number of nitrogens with one attached hydrogen (secondary N) is 1. The molecule has 116 valence electrons. The molecule has 2 aromatic rings. The number of anilines is 1. The summed E-state index contributed by atoms with van der Waals surface area (Å²) >= 11 is 0. The Hall–Kier alpha value is -2.83. The van der Waals surface area contributed by atoms with E-state index in [2.05, 4.69) is 15.2 Å². The van der Waals surface area contributed by atoms with Crippen molar-refractivity contribution in [2.45, 2.75) is 6.92 Å². The zero-order valence-electron chi connectivity index (χ0n) is 12.6. The van der Waals surface area contributed by atoms with Gasteiger partial charge >= 0.3 is 5.97 Å². The first-order chi connectivity index (χ1) is 10.5. The summed E-state index contributed by atoms with van der Waals surface area (Å²) in [6.07, 6.45) is 1.39. The van der Waals surface area contributed by atoms with Crippen molar-refractivity contribution >= 4 is 17.6 Å². The molecule has 0 radical (unpaired) electrons. The van der Waals surface area contributed by atoms with Gasteiger partial charge in [-0.05, 0) is 18.6 Å². The van der Waals surface area contributed by atoms with Crippen LogP contribution in [0.15, 0.2) is 30.5 Å². The van der Waals surface area contributed by atoms with E-state index in [0.717, 1.165) is 5.56 Å². The Morgan fingerprint density at radius 2 is 2.05 bits per heavy atom. The number of benzene rings is 1. The summed E-state index contributed by atoms with van der Waals surface area (Å²) in [5.41, 5.74) is 1.39. The second-order valence-corrected chi connectivity index (χ2v) is 4.62. The molecule has 1 amide bonds. The number of methoxy groups -OCH3 is 1. The SMILES string of the molecule is COC(=O)c1c(NC(=O)COc2ccccc2C)cnn1C. The van der Waals surface area contributed by atoms with Gasteiger partial charge in [0.15, 0.2) is 12.3 Å². The first kappa shape index (κ1) is 15.6. The number of amides is 1. The van der Waals surface area contributed by atoms with Crippen LogP contribution in [0.2, 0.25) is 0 Å². The van der Waals surface area contributed by atoms with Crippen molar-refractivity contribution in [3.8, 4) is 5.75 Å². The van der Waals surface area contributed by atoms with Crippen LogP contribution in [0, 0.1) is 6.92 Å². The molecule has 0 aliphatic rings. The molecule has 2 rings (SSSR count). The van der Waals surface area contributed by atoms with Crippen molar-refractivity contribution in [3.05, 3.63) is 41.7 Å². The lowest BCUT2D eigenvalue weighted by Gasteiger charge is -2.09. The van der Waals surface area contributed by atoms with E-state index in [-0.39, 0.29) is 23.9 Å². The van der Waals surface area contributed by atoms with Gasteiger partial charge in [-0.1, -0.05) is 18.2 Å².